The summed E-state index contributed by atoms with van der Waals surface area (Å²) in [4.78, 5) is 11.7. The standard InChI is InChI=1S/C23H24N6O/c1-14-15(2)28(10-9-27(3)4)22-20(14)23-25-21(26-29(23)13-24-22)18-11-16-7-5-6-8-17(16)12-19(18)30/h5-8,11-13,30H,9-10H2,1-4H3. The molecular formula is C23H24N6O. The van der Waals surface area contributed by atoms with E-state index in [4.69, 9.17) is 9.97 Å². The first-order valence-corrected chi connectivity index (χ1v) is 10.0. The predicted octanol–water partition coefficient (Wildman–Crippen LogP) is 3.78. The first kappa shape index (κ1) is 18.6. The Morgan fingerprint density at radius 2 is 1.77 bits per heavy atom. The molecule has 0 aliphatic carbocycles. The normalized spacial score (nSPS) is 12.0. The highest BCUT2D eigenvalue weighted by molar-refractivity contribution is 5.95. The lowest BCUT2D eigenvalue weighted by atomic mass is 10.1. The number of aromatic hydroxyl groups is 1. The summed E-state index contributed by atoms with van der Waals surface area (Å²) in [5.74, 6) is 0.663. The van der Waals surface area contributed by atoms with Crippen LogP contribution in [-0.2, 0) is 6.54 Å². The number of nitrogens with zero attached hydrogens (tertiary/aromatic N) is 6. The SMILES string of the molecule is Cc1c(C)n(CCN(C)C)c2ncn3nc(-c4cc5ccccc5cc4O)nc3c12. The predicted molar refractivity (Wildman–Crippen MR) is 119 cm³/mol. The van der Waals surface area contributed by atoms with Crippen molar-refractivity contribution in [3.8, 4) is 17.1 Å². The van der Waals surface area contributed by atoms with Crippen molar-refractivity contribution in [3.63, 3.8) is 0 Å². The van der Waals surface area contributed by atoms with Crippen LogP contribution in [0, 0.1) is 13.8 Å². The van der Waals surface area contributed by atoms with Crippen molar-refractivity contribution in [2.45, 2.75) is 20.4 Å². The molecule has 7 nitrogen and oxygen atoms in total. The number of aryl methyl sites for hydroxylation is 1. The molecule has 2 aromatic carbocycles. The van der Waals surface area contributed by atoms with Gasteiger partial charge in [0, 0.05) is 18.8 Å². The molecule has 0 spiro atoms. The highest BCUT2D eigenvalue weighted by Crippen LogP contribution is 2.33. The smallest absolute Gasteiger partial charge is 0.185 e. The fourth-order valence-corrected chi connectivity index (χ4v) is 4.03. The first-order chi connectivity index (χ1) is 14.4. The zero-order valence-electron chi connectivity index (χ0n) is 17.6. The number of aromatic nitrogens is 5. The van der Waals surface area contributed by atoms with Gasteiger partial charge in [0.25, 0.3) is 0 Å². The molecular weight excluding hydrogens is 376 g/mol. The number of likely N-dealkylation sites (N-methyl/N-ethyl adjacent to an activating group) is 1. The zero-order valence-corrected chi connectivity index (χ0v) is 17.6. The molecule has 5 aromatic rings. The van der Waals surface area contributed by atoms with Crippen LogP contribution in [0.2, 0.25) is 0 Å². The van der Waals surface area contributed by atoms with E-state index in [1.165, 1.54) is 5.69 Å². The fraction of sp³-hybridized carbons (Fsp3) is 0.261. The van der Waals surface area contributed by atoms with Gasteiger partial charge in [0.15, 0.2) is 11.5 Å². The third kappa shape index (κ3) is 2.81. The Morgan fingerprint density at radius 1 is 1.03 bits per heavy atom. The minimum absolute atomic E-state index is 0.172. The molecule has 1 N–H and O–H groups in total. The first-order valence-electron chi connectivity index (χ1n) is 10.0. The van der Waals surface area contributed by atoms with E-state index >= 15 is 0 Å². The Morgan fingerprint density at radius 3 is 2.50 bits per heavy atom. The number of benzene rings is 2. The molecule has 0 aliphatic rings. The Kier molecular flexibility index (Phi) is 4.22. The van der Waals surface area contributed by atoms with E-state index in [1.807, 2.05) is 30.3 Å². The van der Waals surface area contributed by atoms with Crippen molar-refractivity contribution in [3.05, 3.63) is 54.0 Å². The summed E-state index contributed by atoms with van der Waals surface area (Å²) in [6, 6.07) is 11.6. The van der Waals surface area contributed by atoms with E-state index in [1.54, 1.807) is 16.9 Å². The van der Waals surface area contributed by atoms with E-state index in [0.29, 0.717) is 11.4 Å². The maximum Gasteiger partial charge on any atom is 0.185 e. The summed E-state index contributed by atoms with van der Waals surface area (Å²) in [5, 5.41) is 18.3. The number of phenolic OH excluding ortho intramolecular Hbond substituents is 1. The van der Waals surface area contributed by atoms with E-state index in [9.17, 15) is 5.11 Å². The van der Waals surface area contributed by atoms with Gasteiger partial charge in [-0.2, -0.15) is 0 Å². The molecule has 0 aliphatic heterocycles. The average Bonchev–Trinajstić information content (AvgIpc) is 3.25. The second-order valence-corrected chi connectivity index (χ2v) is 8.03. The lowest BCUT2D eigenvalue weighted by molar-refractivity contribution is 0.384. The zero-order chi connectivity index (χ0) is 21.0. The molecule has 3 heterocycles. The summed E-state index contributed by atoms with van der Waals surface area (Å²) in [6.45, 7) is 6.02. The third-order valence-electron chi connectivity index (χ3n) is 5.82. The molecule has 3 aromatic heterocycles. The Bertz CT molecular complexity index is 1410. The maximum absolute atomic E-state index is 10.6. The Hall–Kier alpha value is -3.45. The molecule has 0 fully saturated rings. The number of hydrogen-bond acceptors (Lipinski definition) is 5. The number of phenols is 1. The lowest BCUT2D eigenvalue weighted by Gasteiger charge is -2.12. The van der Waals surface area contributed by atoms with Crippen LogP contribution >= 0.6 is 0 Å². The molecule has 7 heteroatoms. The molecule has 30 heavy (non-hydrogen) atoms. The minimum atomic E-state index is 0.172. The van der Waals surface area contributed by atoms with Crippen molar-refractivity contribution in [2.24, 2.45) is 0 Å². The number of rotatable bonds is 4. The van der Waals surface area contributed by atoms with Crippen molar-refractivity contribution in [2.75, 3.05) is 20.6 Å². The lowest BCUT2D eigenvalue weighted by Crippen LogP contribution is -2.19. The maximum atomic E-state index is 10.6. The molecule has 0 bridgehead atoms. The quantitative estimate of drug-likeness (QED) is 0.497. The van der Waals surface area contributed by atoms with Crippen molar-refractivity contribution in [1.29, 1.82) is 0 Å². The second-order valence-electron chi connectivity index (χ2n) is 8.03. The van der Waals surface area contributed by atoms with Crippen molar-refractivity contribution >= 4 is 27.5 Å². The summed E-state index contributed by atoms with van der Waals surface area (Å²) in [6.07, 6.45) is 1.71. The van der Waals surface area contributed by atoms with Crippen molar-refractivity contribution < 1.29 is 5.11 Å². The van der Waals surface area contributed by atoms with Crippen LogP contribution in [0.25, 0.3) is 38.8 Å². The van der Waals surface area contributed by atoms with Crippen LogP contribution in [0.4, 0.5) is 0 Å². The van der Waals surface area contributed by atoms with Gasteiger partial charge in [-0.25, -0.2) is 14.5 Å². The number of hydrogen-bond donors (Lipinski definition) is 1. The molecule has 0 saturated heterocycles. The molecule has 152 valence electrons. The Labute approximate surface area is 174 Å². The third-order valence-corrected chi connectivity index (χ3v) is 5.82. The van der Waals surface area contributed by atoms with Gasteiger partial charge in [0.2, 0.25) is 0 Å². The van der Waals surface area contributed by atoms with Crippen LogP contribution in [0.1, 0.15) is 11.3 Å². The van der Waals surface area contributed by atoms with Gasteiger partial charge in [0.05, 0.1) is 10.9 Å². The summed E-state index contributed by atoms with van der Waals surface area (Å²) >= 11 is 0. The molecule has 5 rings (SSSR count). The van der Waals surface area contributed by atoms with E-state index in [-0.39, 0.29) is 5.75 Å². The van der Waals surface area contributed by atoms with Gasteiger partial charge in [-0.1, -0.05) is 24.3 Å². The van der Waals surface area contributed by atoms with Crippen molar-refractivity contribution in [1.82, 2.24) is 29.0 Å². The van der Waals surface area contributed by atoms with Gasteiger partial charge in [-0.15, -0.1) is 5.10 Å². The number of fused-ring (bicyclic) bond motifs is 4. The van der Waals surface area contributed by atoms with E-state index < -0.39 is 0 Å². The average molecular weight is 400 g/mol. The summed E-state index contributed by atoms with van der Waals surface area (Å²) in [5.41, 5.74) is 4.63. The monoisotopic (exact) mass is 400 g/mol. The van der Waals surface area contributed by atoms with Crippen LogP contribution < -0.4 is 0 Å². The molecule has 0 atom stereocenters. The molecule has 0 amide bonds. The van der Waals surface area contributed by atoms with Gasteiger partial charge >= 0.3 is 0 Å². The topological polar surface area (TPSA) is 71.5 Å². The second kappa shape index (κ2) is 6.81. The largest absolute Gasteiger partial charge is 0.507 e. The fourth-order valence-electron chi connectivity index (χ4n) is 4.03. The molecule has 0 saturated carbocycles. The highest BCUT2D eigenvalue weighted by atomic mass is 16.3. The minimum Gasteiger partial charge on any atom is -0.507 e. The van der Waals surface area contributed by atoms with Crippen LogP contribution in [0.5, 0.6) is 5.75 Å². The van der Waals surface area contributed by atoms with Gasteiger partial charge < -0.3 is 14.6 Å². The van der Waals surface area contributed by atoms with Gasteiger partial charge in [0.1, 0.15) is 17.7 Å². The van der Waals surface area contributed by atoms with Gasteiger partial charge in [-0.3, -0.25) is 0 Å². The Balaban J connectivity index is 1.71. The van der Waals surface area contributed by atoms with Crippen LogP contribution in [-0.4, -0.2) is 54.8 Å². The van der Waals surface area contributed by atoms with Gasteiger partial charge in [-0.05, 0) is 56.4 Å². The summed E-state index contributed by atoms with van der Waals surface area (Å²) < 4.78 is 3.95. The summed E-state index contributed by atoms with van der Waals surface area (Å²) in [7, 11) is 4.14. The van der Waals surface area contributed by atoms with E-state index in [2.05, 4.69) is 42.5 Å². The van der Waals surface area contributed by atoms with Crippen LogP contribution in [0.15, 0.2) is 42.7 Å². The molecule has 0 radical (unpaired) electrons. The van der Waals surface area contributed by atoms with E-state index in [0.717, 1.165) is 46.1 Å². The highest BCUT2D eigenvalue weighted by Gasteiger charge is 2.19. The van der Waals surface area contributed by atoms with Crippen LogP contribution in [0.3, 0.4) is 0 Å². The molecule has 0 unspecified atom stereocenters.